The number of rotatable bonds is 1. The van der Waals surface area contributed by atoms with Gasteiger partial charge >= 0.3 is 0 Å². The summed E-state index contributed by atoms with van der Waals surface area (Å²) < 4.78 is 0. The Morgan fingerprint density at radius 2 is 1.90 bits per heavy atom. The Kier molecular flexibility index (Phi) is 3.47. The van der Waals surface area contributed by atoms with Crippen LogP contribution in [0.5, 0.6) is 0 Å². The third-order valence-electron chi connectivity index (χ3n) is 5.48. The Labute approximate surface area is 125 Å². The molecule has 1 aromatic heterocycles. The molecule has 0 radical (unpaired) electrons. The zero-order chi connectivity index (χ0) is 13.5. The van der Waals surface area contributed by atoms with Gasteiger partial charge in [-0.25, -0.2) is 4.98 Å². The summed E-state index contributed by atoms with van der Waals surface area (Å²) in [6.07, 6.45) is 12.0. The zero-order valence-corrected chi connectivity index (χ0v) is 13.0. The number of hydrogen-bond donors (Lipinski definition) is 1. The van der Waals surface area contributed by atoms with Crippen molar-refractivity contribution in [2.75, 3.05) is 11.4 Å². The first-order chi connectivity index (χ1) is 9.83. The molecule has 0 amide bonds. The second-order valence-electron chi connectivity index (χ2n) is 6.75. The summed E-state index contributed by atoms with van der Waals surface area (Å²) in [6.45, 7) is 1.21. The highest BCUT2D eigenvalue weighted by Gasteiger charge is 2.35. The molecule has 0 bridgehead atoms. The average Bonchev–Trinajstić information content (AvgIpc) is 2.92. The van der Waals surface area contributed by atoms with Crippen molar-refractivity contribution in [3.63, 3.8) is 0 Å². The van der Waals surface area contributed by atoms with Crippen LogP contribution in [0.3, 0.4) is 0 Å². The largest absolute Gasteiger partial charge is 0.345 e. The lowest BCUT2D eigenvalue weighted by atomic mass is 9.78. The van der Waals surface area contributed by atoms with Gasteiger partial charge in [0.15, 0.2) is 5.13 Å². The first-order valence-electron chi connectivity index (χ1n) is 8.35. The maximum absolute atomic E-state index is 6.25. The van der Waals surface area contributed by atoms with Crippen LogP contribution in [0.15, 0.2) is 0 Å². The topological polar surface area (TPSA) is 42.1 Å². The molecular weight excluding hydrogens is 266 g/mol. The maximum Gasteiger partial charge on any atom is 0.186 e. The molecule has 0 aromatic carbocycles. The van der Waals surface area contributed by atoms with Crippen LogP contribution < -0.4 is 10.6 Å². The minimum Gasteiger partial charge on any atom is -0.345 e. The third kappa shape index (κ3) is 2.17. The second-order valence-corrected chi connectivity index (χ2v) is 7.81. The van der Waals surface area contributed by atoms with Crippen molar-refractivity contribution in [1.82, 2.24) is 4.98 Å². The van der Waals surface area contributed by atoms with E-state index >= 15 is 0 Å². The van der Waals surface area contributed by atoms with Crippen LogP contribution in [0, 0.1) is 5.92 Å². The number of piperidine rings is 1. The van der Waals surface area contributed by atoms with E-state index in [1.807, 2.05) is 11.3 Å². The summed E-state index contributed by atoms with van der Waals surface area (Å²) in [5.74, 6) is 0.923. The fraction of sp³-hybridized carbons (Fsp3) is 0.812. The number of nitrogens with zero attached hydrogens (tertiary/aromatic N) is 2. The molecule has 1 saturated carbocycles. The van der Waals surface area contributed by atoms with Crippen molar-refractivity contribution >= 4 is 16.5 Å². The Bertz CT molecular complexity index is 482. The Morgan fingerprint density at radius 1 is 1.05 bits per heavy atom. The molecule has 2 N–H and O–H groups in total. The summed E-state index contributed by atoms with van der Waals surface area (Å²) >= 11 is 1.94. The van der Waals surface area contributed by atoms with Gasteiger partial charge < -0.3 is 10.6 Å². The van der Waals surface area contributed by atoms with E-state index in [0.29, 0.717) is 0 Å². The highest BCUT2D eigenvalue weighted by molar-refractivity contribution is 7.15. The molecule has 1 aliphatic heterocycles. The molecule has 3 atom stereocenters. The molecule has 2 heterocycles. The quantitative estimate of drug-likeness (QED) is 0.859. The van der Waals surface area contributed by atoms with E-state index < -0.39 is 0 Å². The van der Waals surface area contributed by atoms with Gasteiger partial charge in [-0.2, -0.15) is 0 Å². The smallest absolute Gasteiger partial charge is 0.186 e. The van der Waals surface area contributed by atoms with E-state index in [9.17, 15) is 0 Å². The summed E-state index contributed by atoms with van der Waals surface area (Å²) in [6, 6.07) is 0.956. The number of aromatic nitrogens is 1. The summed E-state index contributed by atoms with van der Waals surface area (Å²) in [5, 5.41) is 1.28. The molecular formula is C16H25N3S. The van der Waals surface area contributed by atoms with Gasteiger partial charge in [0.1, 0.15) is 0 Å². The number of anilines is 1. The van der Waals surface area contributed by atoms with Crippen LogP contribution in [0.1, 0.15) is 68.0 Å². The first-order valence-corrected chi connectivity index (χ1v) is 9.16. The van der Waals surface area contributed by atoms with Crippen molar-refractivity contribution in [3.05, 3.63) is 10.6 Å². The van der Waals surface area contributed by atoms with Crippen LogP contribution in [0.4, 0.5) is 5.13 Å². The minimum atomic E-state index is 0.190. The zero-order valence-electron chi connectivity index (χ0n) is 12.2. The Hall–Kier alpha value is -0.610. The number of fused-ring (bicyclic) bond motifs is 2. The number of nitrogens with two attached hydrogens (primary N) is 1. The van der Waals surface area contributed by atoms with Gasteiger partial charge in [0, 0.05) is 23.5 Å². The Morgan fingerprint density at radius 3 is 2.80 bits per heavy atom. The van der Waals surface area contributed by atoms with Gasteiger partial charge in [-0.05, 0) is 50.9 Å². The molecule has 3 nitrogen and oxygen atoms in total. The lowest BCUT2D eigenvalue weighted by Gasteiger charge is -2.44. The van der Waals surface area contributed by atoms with Crippen molar-refractivity contribution in [2.24, 2.45) is 11.7 Å². The number of aryl methyl sites for hydroxylation is 1. The van der Waals surface area contributed by atoms with Crippen molar-refractivity contribution < 1.29 is 0 Å². The van der Waals surface area contributed by atoms with Crippen LogP contribution in [-0.4, -0.2) is 17.6 Å². The average molecular weight is 291 g/mol. The Balaban J connectivity index is 1.63. The highest BCUT2D eigenvalue weighted by atomic mass is 32.1. The molecule has 4 rings (SSSR count). The van der Waals surface area contributed by atoms with Gasteiger partial charge in [0.05, 0.1) is 5.69 Å². The van der Waals surface area contributed by atoms with E-state index in [4.69, 9.17) is 10.7 Å². The van der Waals surface area contributed by atoms with E-state index in [0.717, 1.165) is 18.4 Å². The highest BCUT2D eigenvalue weighted by Crippen LogP contribution is 2.41. The SMILES string of the molecule is NC1CCCc2sc(N3CCC[C@H]4CCCC[C@H]43)nc21. The lowest BCUT2D eigenvalue weighted by molar-refractivity contribution is 0.243. The van der Waals surface area contributed by atoms with Crippen LogP contribution >= 0.6 is 11.3 Å². The summed E-state index contributed by atoms with van der Waals surface area (Å²) in [5.41, 5.74) is 7.46. The molecule has 110 valence electrons. The fourth-order valence-electron chi connectivity index (χ4n) is 4.42. The normalized spacial score (nSPS) is 33.6. The molecule has 4 heteroatoms. The van der Waals surface area contributed by atoms with Crippen molar-refractivity contribution in [3.8, 4) is 0 Å². The standard InChI is InChI=1S/C16H25N3S/c17-12-7-3-9-14-15(12)18-16(20-14)19-10-4-6-11-5-1-2-8-13(11)19/h11-13H,1-10,17H2/t11-,12?,13-/m1/s1. The molecule has 1 unspecified atom stereocenters. The van der Waals surface area contributed by atoms with Gasteiger partial charge in [-0.15, -0.1) is 11.3 Å². The van der Waals surface area contributed by atoms with E-state index in [1.165, 1.54) is 73.6 Å². The summed E-state index contributed by atoms with van der Waals surface area (Å²) in [4.78, 5) is 9.08. The third-order valence-corrected chi connectivity index (χ3v) is 6.64. The molecule has 20 heavy (non-hydrogen) atoms. The van der Waals surface area contributed by atoms with Gasteiger partial charge in [-0.1, -0.05) is 12.8 Å². The van der Waals surface area contributed by atoms with Crippen LogP contribution in [0.2, 0.25) is 0 Å². The molecule has 1 aromatic rings. The van der Waals surface area contributed by atoms with Crippen molar-refractivity contribution in [2.45, 2.75) is 69.9 Å². The van der Waals surface area contributed by atoms with Crippen LogP contribution in [-0.2, 0) is 6.42 Å². The molecule has 2 aliphatic carbocycles. The monoisotopic (exact) mass is 291 g/mol. The minimum absolute atomic E-state index is 0.190. The molecule has 1 saturated heterocycles. The van der Waals surface area contributed by atoms with E-state index in [-0.39, 0.29) is 6.04 Å². The van der Waals surface area contributed by atoms with Crippen molar-refractivity contribution in [1.29, 1.82) is 0 Å². The molecule has 0 spiro atoms. The fourth-order valence-corrected chi connectivity index (χ4v) is 5.68. The van der Waals surface area contributed by atoms with E-state index in [1.54, 1.807) is 0 Å². The molecule has 3 aliphatic rings. The second kappa shape index (κ2) is 5.30. The van der Waals surface area contributed by atoms with E-state index in [2.05, 4.69) is 4.90 Å². The van der Waals surface area contributed by atoms with Gasteiger partial charge in [-0.3, -0.25) is 0 Å². The first kappa shape index (κ1) is 13.1. The van der Waals surface area contributed by atoms with Gasteiger partial charge in [0.25, 0.3) is 0 Å². The number of thiazole rings is 1. The summed E-state index contributed by atoms with van der Waals surface area (Å²) in [7, 11) is 0. The maximum atomic E-state index is 6.25. The van der Waals surface area contributed by atoms with Crippen LogP contribution in [0.25, 0.3) is 0 Å². The predicted octanol–water partition coefficient (Wildman–Crippen LogP) is 3.64. The molecule has 2 fully saturated rings. The van der Waals surface area contributed by atoms with Gasteiger partial charge in [0.2, 0.25) is 0 Å². The number of hydrogen-bond acceptors (Lipinski definition) is 4. The lowest BCUT2D eigenvalue weighted by Crippen LogP contribution is -2.46. The predicted molar refractivity (Wildman–Crippen MR) is 84.3 cm³/mol.